The van der Waals surface area contributed by atoms with E-state index in [9.17, 15) is 4.79 Å². The zero-order valence-electron chi connectivity index (χ0n) is 12.0. The molecule has 0 aromatic heterocycles. The third kappa shape index (κ3) is 3.19. The number of benzene rings is 1. The van der Waals surface area contributed by atoms with Crippen LogP contribution in [0, 0.1) is 11.8 Å². The van der Waals surface area contributed by atoms with Crippen molar-refractivity contribution in [3.8, 4) is 11.8 Å². The van der Waals surface area contributed by atoms with Crippen LogP contribution in [-0.4, -0.2) is 60.6 Å². The normalized spacial score (nSPS) is 18.0. The Bertz CT molecular complexity index is 543. The Balaban J connectivity index is 2.18. The molecule has 1 saturated heterocycles. The summed E-state index contributed by atoms with van der Waals surface area (Å²) in [6, 6.07) is 7.73. The summed E-state index contributed by atoms with van der Waals surface area (Å²) in [7, 11) is 4.08. The molecule has 1 aromatic carbocycles. The molecule has 1 fully saturated rings. The minimum absolute atomic E-state index is 0.0252. The van der Waals surface area contributed by atoms with Crippen molar-refractivity contribution in [1.82, 2.24) is 9.80 Å². The van der Waals surface area contributed by atoms with Gasteiger partial charge in [-0.25, -0.2) is 0 Å². The van der Waals surface area contributed by atoms with E-state index in [0.717, 1.165) is 19.5 Å². The Morgan fingerprint density at radius 1 is 1.45 bits per heavy atom. The molecule has 1 aliphatic rings. The lowest BCUT2D eigenvalue weighted by Crippen LogP contribution is -2.34. The summed E-state index contributed by atoms with van der Waals surface area (Å²) >= 11 is 0. The topological polar surface area (TPSA) is 43.8 Å². The summed E-state index contributed by atoms with van der Waals surface area (Å²) in [4.78, 5) is 16.6. The molecule has 106 valence electrons. The van der Waals surface area contributed by atoms with Crippen molar-refractivity contribution in [3.05, 3.63) is 35.4 Å². The Hall–Kier alpha value is -1.83. The van der Waals surface area contributed by atoms with E-state index in [-0.39, 0.29) is 12.5 Å². The van der Waals surface area contributed by atoms with Crippen LogP contribution < -0.4 is 0 Å². The Morgan fingerprint density at radius 2 is 2.20 bits per heavy atom. The van der Waals surface area contributed by atoms with Gasteiger partial charge in [0.15, 0.2) is 0 Å². The van der Waals surface area contributed by atoms with Crippen molar-refractivity contribution in [3.63, 3.8) is 0 Å². The Labute approximate surface area is 120 Å². The number of carbonyl (C=O) groups is 1. The SMILES string of the molecule is CN(C)C1CCN(C(=O)c2ccccc2C#CCO)C1. The first kappa shape index (κ1) is 14.6. The standard InChI is InChI=1S/C16H20N2O2/c1-17(2)14-9-10-18(12-14)16(20)15-8-4-3-6-13(15)7-5-11-19/h3-4,6,8,14,19H,9-12H2,1-2H3. The van der Waals surface area contributed by atoms with E-state index in [1.54, 1.807) is 6.07 Å². The molecule has 1 atom stereocenters. The molecular formula is C16H20N2O2. The highest BCUT2D eigenvalue weighted by molar-refractivity contribution is 5.97. The molecule has 4 nitrogen and oxygen atoms in total. The summed E-state index contributed by atoms with van der Waals surface area (Å²) in [6.45, 7) is 1.34. The molecule has 1 heterocycles. The smallest absolute Gasteiger partial charge is 0.255 e. The van der Waals surface area contributed by atoms with Gasteiger partial charge in [0.1, 0.15) is 6.61 Å². The fraction of sp³-hybridized carbons (Fsp3) is 0.438. The van der Waals surface area contributed by atoms with Crippen molar-refractivity contribution < 1.29 is 9.90 Å². The first-order valence-corrected chi connectivity index (χ1v) is 6.78. The van der Waals surface area contributed by atoms with Crippen LogP contribution in [0.3, 0.4) is 0 Å². The number of hydrogen-bond acceptors (Lipinski definition) is 3. The van der Waals surface area contributed by atoms with E-state index < -0.39 is 0 Å². The van der Waals surface area contributed by atoms with Crippen LogP contribution >= 0.6 is 0 Å². The van der Waals surface area contributed by atoms with Gasteiger partial charge in [0, 0.05) is 24.7 Å². The summed E-state index contributed by atoms with van der Waals surface area (Å²) < 4.78 is 0. The molecule has 20 heavy (non-hydrogen) atoms. The zero-order chi connectivity index (χ0) is 14.5. The van der Waals surface area contributed by atoms with E-state index in [1.807, 2.05) is 37.2 Å². The highest BCUT2D eigenvalue weighted by Crippen LogP contribution is 2.18. The van der Waals surface area contributed by atoms with Crippen molar-refractivity contribution in [1.29, 1.82) is 0 Å². The minimum atomic E-state index is -0.199. The minimum Gasteiger partial charge on any atom is -0.384 e. The van der Waals surface area contributed by atoms with Gasteiger partial charge in [0.05, 0.1) is 5.56 Å². The molecule has 0 bridgehead atoms. The lowest BCUT2D eigenvalue weighted by molar-refractivity contribution is 0.0783. The fourth-order valence-electron chi connectivity index (χ4n) is 2.43. The highest BCUT2D eigenvalue weighted by Gasteiger charge is 2.28. The van der Waals surface area contributed by atoms with Gasteiger partial charge in [0.25, 0.3) is 5.91 Å². The predicted molar refractivity (Wildman–Crippen MR) is 78.4 cm³/mol. The second-order valence-electron chi connectivity index (χ2n) is 5.16. The average Bonchev–Trinajstić information content (AvgIpc) is 2.94. The monoisotopic (exact) mass is 272 g/mol. The van der Waals surface area contributed by atoms with Crippen LogP contribution in [0.1, 0.15) is 22.3 Å². The summed E-state index contributed by atoms with van der Waals surface area (Å²) in [6.07, 6.45) is 1.00. The average molecular weight is 272 g/mol. The van der Waals surface area contributed by atoms with Crippen LogP contribution in [0.2, 0.25) is 0 Å². The maximum atomic E-state index is 12.6. The molecule has 4 heteroatoms. The van der Waals surface area contributed by atoms with Crippen molar-refractivity contribution in [2.45, 2.75) is 12.5 Å². The van der Waals surface area contributed by atoms with Crippen LogP contribution in [0.5, 0.6) is 0 Å². The second kappa shape index (κ2) is 6.56. The highest BCUT2D eigenvalue weighted by atomic mass is 16.2. The van der Waals surface area contributed by atoms with Gasteiger partial charge >= 0.3 is 0 Å². The van der Waals surface area contributed by atoms with Gasteiger partial charge < -0.3 is 14.9 Å². The molecule has 0 aliphatic carbocycles. The zero-order valence-corrected chi connectivity index (χ0v) is 12.0. The van der Waals surface area contributed by atoms with Gasteiger partial charge in [0.2, 0.25) is 0 Å². The van der Waals surface area contributed by atoms with E-state index in [1.165, 1.54) is 0 Å². The van der Waals surface area contributed by atoms with Gasteiger partial charge in [-0.2, -0.15) is 0 Å². The molecule has 1 N–H and O–H groups in total. The molecule has 1 aromatic rings. The van der Waals surface area contributed by atoms with Crippen molar-refractivity contribution in [2.75, 3.05) is 33.8 Å². The predicted octanol–water partition coefficient (Wildman–Crippen LogP) is 0.806. The molecule has 2 rings (SSSR count). The Morgan fingerprint density at radius 3 is 2.85 bits per heavy atom. The molecule has 1 aliphatic heterocycles. The number of amides is 1. The number of aliphatic hydroxyl groups is 1. The number of hydrogen-bond donors (Lipinski definition) is 1. The summed E-state index contributed by atoms with van der Waals surface area (Å²) in [5.74, 6) is 5.47. The summed E-state index contributed by atoms with van der Waals surface area (Å²) in [5, 5.41) is 8.79. The van der Waals surface area contributed by atoms with Crippen molar-refractivity contribution in [2.24, 2.45) is 0 Å². The quantitative estimate of drug-likeness (QED) is 0.810. The number of likely N-dealkylation sites (N-methyl/N-ethyl adjacent to an activating group) is 1. The lowest BCUT2D eigenvalue weighted by atomic mass is 10.1. The van der Waals surface area contributed by atoms with Crippen LogP contribution in [0.25, 0.3) is 0 Å². The van der Waals surface area contributed by atoms with Gasteiger partial charge in [-0.15, -0.1) is 0 Å². The van der Waals surface area contributed by atoms with E-state index in [0.29, 0.717) is 17.2 Å². The number of rotatable bonds is 2. The van der Waals surface area contributed by atoms with E-state index >= 15 is 0 Å². The third-order valence-electron chi connectivity index (χ3n) is 3.64. The maximum Gasteiger partial charge on any atom is 0.255 e. The lowest BCUT2D eigenvalue weighted by Gasteiger charge is -2.20. The molecule has 0 radical (unpaired) electrons. The largest absolute Gasteiger partial charge is 0.384 e. The van der Waals surface area contributed by atoms with E-state index in [2.05, 4.69) is 16.7 Å². The van der Waals surface area contributed by atoms with Crippen LogP contribution in [0.4, 0.5) is 0 Å². The van der Waals surface area contributed by atoms with Gasteiger partial charge in [-0.3, -0.25) is 4.79 Å². The fourth-order valence-corrected chi connectivity index (χ4v) is 2.43. The molecule has 0 saturated carbocycles. The third-order valence-corrected chi connectivity index (χ3v) is 3.64. The Kier molecular flexibility index (Phi) is 4.78. The summed E-state index contributed by atoms with van der Waals surface area (Å²) in [5.41, 5.74) is 1.30. The maximum absolute atomic E-state index is 12.6. The number of carbonyl (C=O) groups excluding carboxylic acids is 1. The van der Waals surface area contributed by atoms with Crippen LogP contribution in [0.15, 0.2) is 24.3 Å². The first-order valence-electron chi connectivity index (χ1n) is 6.78. The second-order valence-corrected chi connectivity index (χ2v) is 5.16. The molecule has 1 unspecified atom stereocenters. The van der Waals surface area contributed by atoms with Crippen molar-refractivity contribution >= 4 is 5.91 Å². The molecule has 0 spiro atoms. The van der Waals surface area contributed by atoms with Gasteiger partial charge in [-0.05, 0) is 32.6 Å². The molecule has 1 amide bonds. The number of aliphatic hydroxyl groups excluding tert-OH is 1. The molecular weight excluding hydrogens is 252 g/mol. The van der Waals surface area contributed by atoms with E-state index in [4.69, 9.17) is 5.11 Å². The van der Waals surface area contributed by atoms with Crippen LogP contribution in [-0.2, 0) is 0 Å². The number of likely N-dealkylation sites (tertiary alicyclic amines) is 1. The first-order chi connectivity index (χ1) is 9.63. The number of nitrogens with zero attached hydrogens (tertiary/aromatic N) is 2. The van der Waals surface area contributed by atoms with Gasteiger partial charge in [-0.1, -0.05) is 24.0 Å².